The largest absolute Gasteiger partial charge is 0.493 e. The quantitative estimate of drug-likeness (QED) is 0.716. The lowest BCUT2D eigenvalue weighted by Gasteiger charge is -2.14. The summed E-state index contributed by atoms with van der Waals surface area (Å²) in [6.45, 7) is 3.41. The van der Waals surface area contributed by atoms with E-state index in [9.17, 15) is 0 Å². The zero-order valence-corrected chi connectivity index (χ0v) is 15.0. The maximum absolute atomic E-state index is 5.39. The van der Waals surface area contributed by atoms with E-state index < -0.39 is 0 Å². The van der Waals surface area contributed by atoms with Crippen LogP contribution >= 0.6 is 0 Å². The van der Waals surface area contributed by atoms with Crippen LogP contribution < -0.4 is 19.5 Å². The maximum Gasteiger partial charge on any atom is 0.203 e. The number of benzene rings is 1. The van der Waals surface area contributed by atoms with E-state index in [0.29, 0.717) is 30.3 Å². The van der Waals surface area contributed by atoms with Gasteiger partial charge in [-0.05, 0) is 36.2 Å². The molecule has 6 nitrogen and oxygen atoms in total. The number of aromatic nitrogens is 2. The molecule has 0 aliphatic rings. The monoisotopic (exact) mass is 341 g/mol. The van der Waals surface area contributed by atoms with Gasteiger partial charge < -0.3 is 23.9 Å². The van der Waals surface area contributed by atoms with Crippen molar-refractivity contribution in [3.63, 3.8) is 0 Å². The van der Waals surface area contributed by atoms with Crippen LogP contribution in [0.4, 0.5) is 0 Å². The summed E-state index contributed by atoms with van der Waals surface area (Å²) in [7, 11) is 4.84. The zero-order valence-electron chi connectivity index (χ0n) is 15.0. The highest BCUT2D eigenvalue weighted by molar-refractivity contribution is 5.53. The number of aryl methyl sites for hydroxylation is 1. The van der Waals surface area contributed by atoms with Gasteiger partial charge in [0.15, 0.2) is 11.5 Å². The van der Waals surface area contributed by atoms with Gasteiger partial charge in [-0.3, -0.25) is 0 Å². The minimum absolute atomic E-state index is 0.601. The molecule has 132 valence electrons. The van der Waals surface area contributed by atoms with E-state index in [0.717, 1.165) is 16.9 Å². The zero-order chi connectivity index (χ0) is 17.8. The molecule has 0 radical (unpaired) electrons. The molecule has 1 N–H and O–H groups in total. The van der Waals surface area contributed by atoms with E-state index in [4.69, 9.17) is 14.2 Å². The first-order valence-electron chi connectivity index (χ1n) is 8.09. The Morgan fingerprint density at radius 2 is 1.76 bits per heavy atom. The highest BCUT2D eigenvalue weighted by atomic mass is 16.5. The van der Waals surface area contributed by atoms with E-state index >= 15 is 0 Å². The van der Waals surface area contributed by atoms with E-state index in [1.54, 1.807) is 21.3 Å². The maximum atomic E-state index is 5.39. The summed E-state index contributed by atoms with van der Waals surface area (Å²) in [4.78, 5) is 4.67. The average Bonchev–Trinajstić information content (AvgIpc) is 3.05. The van der Waals surface area contributed by atoms with Crippen molar-refractivity contribution in [2.75, 3.05) is 21.3 Å². The van der Waals surface area contributed by atoms with Crippen molar-refractivity contribution in [2.45, 2.75) is 20.0 Å². The first-order valence-corrected chi connectivity index (χ1v) is 8.09. The van der Waals surface area contributed by atoms with Crippen LogP contribution in [0, 0.1) is 6.92 Å². The van der Waals surface area contributed by atoms with Crippen molar-refractivity contribution in [3.8, 4) is 17.2 Å². The summed E-state index contributed by atoms with van der Waals surface area (Å²) >= 11 is 0. The normalized spacial score (nSPS) is 10.9. The molecule has 2 aromatic heterocycles. The lowest BCUT2D eigenvalue weighted by Crippen LogP contribution is -2.13. The lowest BCUT2D eigenvalue weighted by molar-refractivity contribution is 0.323. The summed E-state index contributed by atoms with van der Waals surface area (Å²) in [6.07, 6.45) is 4.06. The number of fused-ring (bicyclic) bond motifs is 1. The van der Waals surface area contributed by atoms with Gasteiger partial charge in [0, 0.05) is 25.5 Å². The molecule has 3 aromatic rings. The van der Waals surface area contributed by atoms with Gasteiger partial charge in [0.2, 0.25) is 5.75 Å². The summed E-state index contributed by atoms with van der Waals surface area (Å²) in [5.74, 6) is 1.91. The van der Waals surface area contributed by atoms with Crippen LogP contribution in [-0.4, -0.2) is 30.7 Å². The Morgan fingerprint density at radius 1 is 1.04 bits per heavy atom. The van der Waals surface area contributed by atoms with Gasteiger partial charge >= 0.3 is 0 Å². The van der Waals surface area contributed by atoms with E-state index in [2.05, 4.69) is 23.3 Å². The third-order valence-corrected chi connectivity index (χ3v) is 4.09. The molecule has 0 atom stereocenters. The molecular formula is C19H23N3O3. The number of hydrogen-bond acceptors (Lipinski definition) is 5. The van der Waals surface area contributed by atoms with Gasteiger partial charge in [0.05, 0.1) is 27.0 Å². The number of ether oxygens (including phenoxy) is 3. The predicted octanol–water partition coefficient (Wildman–Crippen LogP) is 2.96. The molecule has 3 rings (SSSR count). The fourth-order valence-electron chi connectivity index (χ4n) is 2.86. The number of imidazole rings is 1. The summed E-state index contributed by atoms with van der Waals surface area (Å²) in [5.41, 5.74) is 4.21. The molecule has 0 saturated carbocycles. The van der Waals surface area contributed by atoms with Crippen molar-refractivity contribution in [1.29, 1.82) is 0 Å². The van der Waals surface area contributed by atoms with E-state index in [1.165, 1.54) is 5.56 Å². The Bertz CT molecular complexity index is 848. The van der Waals surface area contributed by atoms with Crippen LogP contribution in [0.1, 0.15) is 16.8 Å². The number of hydrogen-bond donors (Lipinski definition) is 1. The molecule has 0 aliphatic carbocycles. The van der Waals surface area contributed by atoms with Crippen LogP contribution in [-0.2, 0) is 13.1 Å². The number of methoxy groups -OCH3 is 3. The molecule has 2 heterocycles. The minimum atomic E-state index is 0.601. The third-order valence-electron chi connectivity index (χ3n) is 4.09. The molecule has 1 aromatic carbocycles. The fraction of sp³-hybridized carbons (Fsp3) is 0.316. The Morgan fingerprint density at radius 3 is 2.36 bits per heavy atom. The van der Waals surface area contributed by atoms with Crippen molar-refractivity contribution < 1.29 is 14.2 Å². The number of pyridine rings is 1. The molecule has 0 aliphatic heterocycles. The molecule has 0 unspecified atom stereocenters. The van der Waals surface area contributed by atoms with Gasteiger partial charge in [0.25, 0.3) is 0 Å². The van der Waals surface area contributed by atoms with Crippen LogP contribution in [0.2, 0.25) is 0 Å². The number of nitrogens with zero attached hydrogens (tertiary/aromatic N) is 2. The number of nitrogens with one attached hydrogen (secondary N) is 1. The smallest absolute Gasteiger partial charge is 0.203 e. The minimum Gasteiger partial charge on any atom is -0.493 e. The second kappa shape index (κ2) is 7.44. The van der Waals surface area contributed by atoms with Gasteiger partial charge in [-0.25, -0.2) is 4.98 Å². The highest BCUT2D eigenvalue weighted by Gasteiger charge is 2.13. The second-order valence-corrected chi connectivity index (χ2v) is 5.79. The van der Waals surface area contributed by atoms with Crippen molar-refractivity contribution in [2.24, 2.45) is 0 Å². The Balaban J connectivity index is 1.71. The van der Waals surface area contributed by atoms with E-state index in [-0.39, 0.29) is 0 Å². The highest BCUT2D eigenvalue weighted by Crippen LogP contribution is 2.38. The van der Waals surface area contributed by atoms with Crippen LogP contribution in [0.5, 0.6) is 17.2 Å². The SMILES string of the molecule is COc1cc(CNCc2cn3cccc(C)c3n2)cc(OC)c1OC. The van der Waals surface area contributed by atoms with Gasteiger partial charge in [-0.1, -0.05) is 6.07 Å². The standard InChI is InChI=1S/C19H23N3O3/c1-13-6-5-7-22-12-15(21-19(13)22)11-20-10-14-8-16(23-2)18(25-4)17(9-14)24-3/h5-9,12,20H,10-11H2,1-4H3. The molecule has 0 fully saturated rings. The van der Waals surface area contributed by atoms with Crippen molar-refractivity contribution in [1.82, 2.24) is 14.7 Å². The molecule has 25 heavy (non-hydrogen) atoms. The summed E-state index contributed by atoms with van der Waals surface area (Å²) in [6, 6.07) is 7.98. The van der Waals surface area contributed by atoms with Crippen molar-refractivity contribution >= 4 is 5.65 Å². The Labute approximate surface area is 147 Å². The summed E-state index contributed by atoms with van der Waals surface area (Å²) in [5, 5.41) is 3.41. The first-order chi connectivity index (χ1) is 12.2. The van der Waals surface area contributed by atoms with Crippen molar-refractivity contribution in [3.05, 3.63) is 53.5 Å². The average molecular weight is 341 g/mol. The van der Waals surface area contributed by atoms with Crippen LogP contribution in [0.3, 0.4) is 0 Å². The molecule has 0 saturated heterocycles. The van der Waals surface area contributed by atoms with Gasteiger partial charge in [0.1, 0.15) is 5.65 Å². The predicted molar refractivity (Wildman–Crippen MR) is 96.6 cm³/mol. The first kappa shape index (κ1) is 17.1. The molecule has 0 amide bonds. The summed E-state index contributed by atoms with van der Waals surface area (Å²) < 4.78 is 18.2. The molecule has 6 heteroatoms. The number of rotatable bonds is 7. The van der Waals surface area contributed by atoms with Gasteiger partial charge in [-0.15, -0.1) is 0 Å². The Hall–Kier alpha value is -2.73. The molecule has 0 spiro atoms. The molecule has 0 bridgehead atoms. The topological polar surface area (TPSA) is 57.0 Å². The Kier molecular flexibility index (Phi) is 5.09. The van der Waals surface area contributed by atoms with Crippen LogP contribution in [0.15, 0.2) is 36.7 Å². The lowest BCUT2D eigenvalue weighted by atomic mass is 10.1. The van der Waals surface area contributed by atoms with Crippen LogP contribution in [0.25, 0.3) is 5.65 Å². The third kappa shape index (κ3) is 3.53. The molecular weight excluding hydrogens is 318 g/mol. The fourth-order valence-corrected chi connectivity index (χ4v) is 2.86. The van der Waals surface area contributed by atoms with E-state index in [1.807, 2.05) is 35.0 Å². The van der Waals surface area contributed by atoms with Gasteiger partial charge in [-0.2, -0.15) is 0 Å². The second-order valence-electron chi connectivity index (χ2n) is 5.79.